The number of aliphatic imine (C=N–C) groups is 1. The van der Waals surface area contributed by atoms with E-state index in [4.69, 9.17) is 16.3 Å². The molecule has 2 nitrogen and oxygen atoms in total. The summed E-state index contributed by atoms with van der Waals surface area (Å²) in [5, 5.41) is 0.743. The summed E-state index contributed by atoms with van der Waals surface area (Å²) in [6.07, 6.45) is 1.49. The highest BCUT2D eigenvalue weighted by molar-refractivity contribution is 6.31. The highest BCUT2D eigenvalue weighted by atomic mass is 35.5. The molecule has 13 heavy (non-hydrogen) atoms. The maximum absolute atomic E-state index is 6.06. The number of rotatable bonds is 1. The molecule has 2 rings (SSSR count). The predicted molar refractivity (Wildman–Crippen MR) is 53.2 cm³/mol. The van der Waals surface area contributed by atoms with Crippen LogP contribution in [0.25, 0.3) is 0 Å². The van der Waals surface area contributed by atoms with E-state index in [1.807, 2.05) is 31.2 Å². The van der Waals surface area contributed by atoms with Gasteiger partial charge in [-0.3, -0.25) is 0 Å². The van der Waals surface area contributed by atoms with E-state index in [0.717, 1.165) is 10.6 Å². The number of hydrogen-bond donors (Lipinski definition) is 0. The predicted octanol–water partition coefficient (Wildman–Crippen LogP) is 2.61. The van der Waals surface area contributed by atoms with Crippen LogP contribution in [0.4, 0.5) is 0 Å². The van der Waals surface area contributed by atoms with Gasteiger partial charge in [-0.25, -0.2) is 4.99 Å². The first-order valence-corrected chi connectivity index (χ1v) is 4.50. The Balaban J connectivity index is 2.45. The molecule has 3 heteroatoms. The third kappa shape index (κ3) is 1.42. The number of nitrogens with zero attached hydrogens (tertiary/aromatic N) is 1. The van der Waals surface area contributed by atoms with Crippen LogP contribution in [0.15, 0.2) is 29.3 Å². The zero-order valence-electron chi connectivity index (χ0n) is 7.33. The molecule has 0 fully saturated rings. The summed E-state index contributed by atoms with van der Waals surface area (Å²) in [6, 6.07) is 7.72. The molecule has 1 unspecified atom stereocenters. The molecule has 0 radical (unpaired) electrons. The summed E-state index contributed by atoms with van der Waals surface area (Å²) >= 11 is 6.06. The summed E-state index contributed by atoms with van der Waals surface area (Å²) in [6.45, 7) is 2.58. The van der Waals surface area contributed by atoms with Crippen molar-refractivity contribution in [1.29, 1.82) is 0 Å². The van der Waals surface area contributed by atoms with E-state index < -0.39 is 0 Å². The lowest BCUT2D eigenvalue weighted by Crippen LogP contribution is -2.21. The molecule has 1 heterocycles. The monoisotopic (exact) mass is 195 g/mol. The minimum absolute atomic E-state index is 0.307. The van der Waals surface area contributed by atoms with Gasteiger partial charge in [0.15, 0.2) is 6.40 Å². The zero-order chi connectivity index (χ0) is 9.31. The first-order valence-electron chi connectivity index (χ1n) is 4.13. The van der Waals surface area contributed by atoms with E-state index in [9.17, 15) is 0 Å². The van der Waals surface area contributed by atoms with E-state index in [0.29, 0.717) is 6.61 Å². The van der Waals surface area contributed by atoms with E-state index in [1.165, 1.54) is 6.40 Å². The molecule has 0 N–H and O–H groups in total. The quantitative estimate of drug-likeness (QED) is 0.675. The Hall–Kier alpha value is -1.02. The SMILES string of the molecule is CC1(c2ccccc2Cl)COC=N1. The van der Waals surface area contributed by atoms with Gasteiger partial charge in [0.25, 0.3) is 0 Å². The van der Waals surface area contributed by atoms with Crippen LogP contribution in [0.1, 0.15) is 12.5 Å². The van der Waals surface area contributed by atoms with Crippen LogP contribution in [0.2, 0.25) is 5.02 Å². The Morgan fingerprint density at radius 1 is 1.46 bits per heavy atom. The van der Waals surface area contributed by atoms with Crippen molar-refractivity contribution < 1.29 is 4.74 Å². The van der Waals surface area contributed by atoms with Gasteiger partial charge in [0.1, 0.15) is 12.1 Å². The van der Waals surface area contributed by atoms with Crippen LogP contribution in [0.3, 0.4) is 0 Å². The second-order valence-corrected chi connectivity index (χ2v) is 3.71. The molecular formula is C10H10ClNO. The molecule has 0 aromatic heterocycles. The van der Waals surface area contributed by atoms with Gasteiger partial charge in [0, 0.05) is 10.6 Å². The molecule has 1 aromatic carbocycles. The van der Waals surface area contributed by atoms with Crippen LogP contribution < -0.4 is 0 Å². The van der Waals surface area contributed by atoms with Crippen molar-refractivity contribution in [3.63, 3.8) is 0 Å². The van der Waals surface area contributed by atoms with E-state index in [1.54, 1.807) is 0 Å². The van der Waals surface area contributed by atoms with Crippen LogP contribution in [-0.2, 0) is 10.3 Å². The first kappa shape index (κ1) is 8.57. The average Bonchev–Trinajstić information content (AvgIpc) is 2.54. The van der Waals surface area contributed by atoms with Crippen molar-refractivity contribution in [1.82, 2.24) is 0 Å². The molecule has 1 aliphatic rings. The fraction of sp³-hybridized carbons (Fsp3) is 0.300. The Morgan fingerprint density at radius 2 is 2.23 bits per heavy atom. The summed E-state index contributed by atoms with van der Waals surface area (Å²) in [7, 11) is 0. The maximum Gasteiger partial charge on any atom is 0.170 e. The van der Waals surface area contributed by atoms with Gasteiger partial charge in [-0.1, -0.05) is 29.8 Å². The molecule has 0 saturated heterocycles. The van der Waals surface area contributed by atoms with Crippen molar-refractivity contribution >= 4 is 18.0 Å². The lowest BCUT2D eigenvalue weighted by atomic mass is 9.94. The molecule has 1 atom stereocenters. The summed E-state index contributed by atoms with van der Waals surface area (Å²) < 4.78 is 5.12. The van der Waals surface area contributed by atoms with E-state index in [-0.39, 0.29) is 5.54 Å². The smallest absolute Gasteiger partial charge is 0.170 e. The molecule has 0 bridgehead atoms. The van der Waals surface area contributed by atoms with Crippen LogP contribution >= 0.6 is 11.6 Å². The normalized spacial score (nSPS) is 26.0. The highest BCUT2D eigenvalue weighted by Gasteiger charge is 2.31. The third-order valence-electron chi connectivity index (χ3n) is 2.23. The molecule has 1 aliphatic heterocycles. The molecular weight excluding hydrogens is 186 g/mol. The third-order valence-corrected chi connectivity index (χ3v) is 2.56. The Bertz CT molecular complexity index is 351. The van der Waals surface area contributed by atoms with E-state index in [2.05, 4.69) is 4.99 Å². The number of halogens is 1. The second kappa shape index (κ2) is 3.04. The minimum atomic E-state index is -0.307. The minimum Gasteiger partial charge on any atom is -0.481 e. The van der Waals surface area contributed by atoms with Crippen LogP contribution in [0.5, 0.6) is 0 Å². The molecule has 0 aliphatic carbocycles. The Kier molecular flexibility index (Phi) is 2.00. The van der Waals surface area contributed by atoms with Crippen molar-refractivity contribution in [3.05, 3.63) is 34.9 Å². The number of hydrogen-bond acceptors (Lipinski definition) is 2. The fourth-order valence-electron chi connectivity index (χ4n) is 1.44. The first-order chi connectivity index (χ1) is 6.22. The second-order valence-electron chi connectivity index (χ2n) is 3.30. The molecule has 1 aromatic rings. The van der Waals surface area contributed by atoms with Crippen LogP contribution in [0, 0.1) is 0 Å². The standard InChI is InChI=1S/C10H10ClNO/c1-10(6-13-7-12-10)8-4-2-3-5-9(8)11/h2-5,7H,6H2,1H3. The summed E-state index contributed by atoms with van der Waals surface area (Å²) in [5.41, 5.74) is 0.712. The summed E-state index contributed by atoms with van der Waals surface area (Å²) in [4.78, 5) is 4.27. The summed E-state index contributed by atoms with van der Waals surface area (Å²) in [5.74, 6) is 0. The van der Waals surface area contributed by atoms with Crippen molar-refractivity contribution in [2.75, 3.05) is 6.61 Å². The van der Waals surface area contributed by atoms with Gasteiger partial charge < -0.3 is 4.74 Å². The largest absolute Gasteiger partial charge is 0.481 e. The molecule has 0 amide bonds. The number of benzene rings is 1. The van der Waals surface area contributed by atoms with Gasteiger partial charge in [-0.2, -0.15) is 0 Å². The maximum atomic E-state index is 6.06. The Labute approximate surface area is 82.2 Å². The molecule has 0 saturated carbocycles. The van der Waals surface area contributed by atoms with Gasteiger partial charge in [-0.15, -0.1) is 0 Å². The topological polar surface area (TPSA) is 21.6 Å². The van der Waals surface area contributed by atoms with E-state index >= 15 is 0 Å². The average molecular weight is 196 g/mol. The van der Waals surface area contributed by atoms with Gasteiger partial charge in [-0.05, 0) is 13.0 Å². The van der Waals surface area contributed by atoms with Gasteiger partial charge >= 0.3 is 0 Å². The van der Waals surface area contributed by atoms with Gasteiger partial charge in [0.2, 0.25) is 0 Å². The highest BCUT2D eigenvalue weighted by Crippen LogP contribution is 2.33. The van der Waals surface area contributed by atoms with Crippen LogP contribution in [-0.4, -0.2) is 13.0 Å². The van der Waals surface area contributed by atoms with Crippen molar-refractivity contribution in [2.24, 2.45) is 4.99 Å². The fourth-order valence-corrected chi connectivity index (χ4v) is 1.77. The zero-order valence-corrected chi connectivity index (χ0v) is 8.08. The molecule has 0 spiro atoms. The lowest BCUT2D eigenvalue weighted by Gasteiger charge is -2.19. The van der Waals surface area contributed by atoms with Crippen molar-refractivity contribution in [2.45, 2.75) is 12.5 Å². The molecule has 68 valence electrons. The van der Waals surface area contributed by atoms with Gasteiger partial charge in [0.05, 0.1) is 0 Å². The Morgan fingerprint density at radius 3 is 2.85 bits per heavy atom. The lowest BCUT2D eigenvalue weighted by molar-refractivity contribution is 0.276. The van der Waals surface area contributed by atoms with Crippen molar-refractivity contribution in [3.8, 4) is 0 Å². The number of ether oxygens (including phenoxy) is 1.